The van der Waals surface area contributed by atoms with E-state index in [9.17, 15) is 9.59 Å². The Hall–Kier alpha value is -1.14. The molecule has 2 unspecified atom stereocenters. The first-order valence-corrected chi connectivity index (χ1v) is 8.34. The molecule has 1 aliphatic heterocycles. The van der Waals surface area contributed by atoms with Gasteiger partial charge >= 0.3 is 0 Å². The first-order chi connectivity index (χ1) is 10.3. The molecule has 2 amide bonds. The van der Waals surface area contributed by atoms with E-state index >= 15 is 0 Å². The number of carbonyl (C=O) groups is 2. The minimum Gasteiger partial charge on any atom is -0.355 e. The molecule has 0 saturated carbocycles. The van der Waals surface area contributed by atoms with Crippen LogP contribution >= 0.6 is 0 Å². The lowest BCUT2D eigenvalue weighted by molar-refractivity contribution is -0.132. The summed E-state index contributed by atoms with van der Waals surface area (Å²) in [6.45, 7) is 10.5. The Labute approximate surface area is 134 Å². The van der Waals surface area contributed by atoms with Gasteiger partial charge in [-0.3, -0.25) is 14.5 Å². The van der Waals surface area contributed by atoms with Crippen molar-refractivity contribution >= 4 is 11.8 Å². The number of hydrogen-bond donors (Lipinski definition) is 3. The molecule has 0 spiro atoms. The van der Waals surface area contributed by atoms with Crippen LogP contribution < -0.4 is 16.4 Å². The average molecular weight is 312 g/mol. The molecule has 2 atom stereocenters. The SMILES string of the molecule is CCC(C)(C)NC(=O)C(C)N1CCCC(C(=O)NCCN)C1. The Morgan fingerprint density at radius 1 is 1.41 bits per heavy atom. The van der Waals surface area contributed by atoms with Crippen LogP contribution in [0.25, 0.3) is 0 Å². The maximum atomic E-state index is 12.4. The van der Waals surface area contributed by atoms with Gasteiger partial charge in [0.2, 0.25) is 11.8 Å². The van der Waals surface area contributed by atoms with Gasteiger partial charge in [0.25, 0.3) is 0 Å². The van der Waals surface area contributed by atoms with E-state index in [2.05, 4.69) is 22.5 Å². The van der Waals surface area contributed by atoms with Crippen molar-refractivity contribution in [3.63, 3.8) is 0 Å². The van der Waals surface area contributed by atoms with Gasteiger partial charge in [0.1, 0.15) is 0 Å². The zero-order valence-corrected chi connectivity index (χ0v) is 14.4. The number of nitrogens with zero attached hydrogens (tertiary/aromatic N) is 1. The Bertz CT molecular complexity index is 384. The van der Waals surface area contributed by atoms with Crippen molar-refractivity contribution in [2.45, 2.75) is 58.5 Å². The Kier molecular flexibility index (Phi) is 7.29. The lowest BCUT2D eigenvalue weighted by Gasteiger charge is -2.37. The number of piperidine rings is 1. The standard InChI is InChI=1S/C16H32N4O2/c1-5-16(3,4)19-14(21)12(2)20-10-6-7-13(11-20)15(22)18-9-8-17/h12-13H,5-11,17H2,1-4H3,(H,18,22)(H,19,21). The van der Waals surface area contributed by atoms with E-state index in [1.54, 1.807) is 0 Å². The summed E-state index contributed by atoms with van der Waals surface area (Å²) in [5.74, 6) is 0.0428. The van der Waals surface area contributed by atoms with Crippen LogP contribution in [0.15, 0.2) is 0 Å². The van der Waals surface area contributed by atoms with Crippen molar-refractivity contribution in [1.82, 2.24) is 15.5 Å². The molecular formula is C16H32N4O2. The molecule has 0 bridgehead atoms. The minimum absolute atomic E-state index is 0.0369. The van der Waals surface area contributed by atoms with Crippen LogP contribution in [0.1, 0.15) is 47.0 Å². The molecule has 1 saturated heterocycles. The van der Waals surface area contributed by atoms with Crippen molar-refractivity contribution in [2.24, 2.45) is 11.7 Å². The smallest absolute Gasteiger partial charge is 0.237 e. The third kappa shape index (κ3) is 5.57. The number of nitrogens with two attached hydrogens (primary N) is 1. The molecule has 0 aromatic rings. The van der Waals surface area contributed by atoms with Crippen LogP contribution in [0.2, 0.25) is 0 Å². The maximum absolute atomic E-state index is 12.4. The number of hydrogen-bond acceptors (Lipinski definition) is 4. The summed E-state index contributed by atoms with van der Waals surface area (Å²) in [5.41, 5.74) is 5.22. The first kappa shape index (κ1) is 18.9. The van der Waals surface area contributed by atoms with Gasteiger partial charge in [-0.15, -0.1) is 0 Å². The van der Waals surface area contributed by atoms with E-state index in [0.29, 0.717) is 19.6 Å². The first-order valence-electron chi connectivity index (χ1n) is 8.34. The van der Waals surface area contributed by atoms with E-state index in [1.807, 2.05) is 20.8 Å². The lowest BCUT2D eigenvalue weighted by atomic mass is 9.95. The van der Waals surface area contributed by atoms with Gasteiger partial charge < -0.3 is 16.4 Å². The normalized spacial score (nSPS) is 21.2. The predicted molar refractivity (Wildman–Crippen MR) is 88.3 cm³/mol. The Balaban J connectivity index is 2.56. The van der Waals surface area contributed by atoms with E-state index in [4.69, 9.17) is 5.73 Å². The molecule has 4 N–H and O–H groups in total. The quantitative estimate of drug-likeness (QED) is 0.637. The van der Waals surface area contributed by atoms with Gasteiger partial charge in [-0.1, -0.05) is 6.92 Å². The van der Waals surface area contributed by atoms with Crippen LogP contribution in [0, 0.1) is 5.92 Å². The van der Waals surface area contributed by atoms with Crippen molar-refractivity contribution in [2.75, 3.05) is 26.2 Å². The third-order valence-electron chi connectivity index (χ3n) is 4.54. The van der Waals surface area contributed by atoms with Crippen molar-refractivity contribution in [1.29, 1.82) is 0 Å². The summed E-state index contributed by atoms with van der Waals surface area (Å²) in [4.78, 5) is 26.6. The molecule has 128 valence electrons. The second-order valence-electron chi connectivity index (χ2n) is 6.82. The average Bonchev–Trinajstić information content (AvgIpc) is 2.51. The predicted octanol–water partition coefficient (Wildman–Crippen LogP) is 0.467. The molecule has 0 aromatic heterocycles. The molecular weight excluding hydrogens is 280 g/mol. The Morgan fingerprint density at radius 3 is 2.68 bits per heavy atom. The molecule has 22 heavy (non-hydrogen) atoms. The monoisotopic (exact) mass is 312 g/mol. The maximum Gasteiger partial charge on any atom is 0.237 e. The summed E-state index contributed by atoms with van der Waals surface area (Å²) in [6, 6.07) is -0.212. The molecule has 6 heteroatoms. The lowest BCUT2D eigenvalue weighted by Crippen LogP contribution is -2.55. The number of nitrogens with one attached hydrogen (secondary N) is 2. The second kappa shape index (κ2) is 8.48. The van der Waals surface area contributed by atoms with Crippen LogP contribution in [-0.4, -0.2) is 54.5 Å². The summed E-state index contributed by atoms with van der Waals surface area (Å²) >= 11 is 0. The number of carbonyl (C=O) groups excluding carboxylic acids is 2. The van der Waals surface area contributed by atoms with Gasteiger partial charge in [-0.2, -0.15) is 0 Å². The van der Waals surface area contributed by atoms with Gasteiger partial charge in [-0.25, -0.2) is 0 Å². The summed E-state index contributed by atoms with van der Waals surface area (Å²) in [6.07, 6.45) is 2.70. The molecule has 0 aromatic carbocycles. The van der Waals surface area contributed by atoms with Gasteiger partial charge in [0.05, 0.1) is 12.0 Å². The number of rotatable bonds is 7. The largest absolute Gasteiger partial charge is 0.355 e. The fourth-order valence-electron chi connectivity index (χ4n) is 2.60. The fraction of sp³-hybridized carbons (Fsp3) is 0.875. The van der Waals surface area contributed by atoms with Crippen LogP contribution in [0.5, 0.6) is 0 Å². The van der Waals surface area contributed by atoms with Gasteiger partial charge in [-0.05, 0) is 46.6 Å². The van der Waals surface area contributed by atoms with Crippen molar-refractivity contribution < 1.29 is 9.59 Å². The van der Waals surface area contributed by atoms with Crippen molar-refractivity contribution in [3.8, 4) is 0 Å². The third-order valence-corrected chi connectivity index (χ3v) is 4.54. The molecule has 1 fully saturated rings. The molecule has 1 rings (SSSR count). The van der Waals surface area contributed by atoms with Crippen LogP contribution in [-0.2, 0) is 9.59 Å². The molecule has 0 aliphatic carbocycles. The highest BCUT2D eigenvalue weighted by Gasteiger charge is 2.32. The van der Waals surface area contributed by atoms with Crippen LogP contribution in [0.3, 0.4) is 0 Å². The minimum atomic E-state index is -0.212. The topological polar surface area (TPSA) is 87.5 Å². The molecule has 6 nitrogen and oxygen atoms in total. The zero-order valence-electron chi connectivity index (χ0n) is 14.4. The van der Waals surface area contributed by atoms with Gasteiger partial charge in [0.15, 0.2) is 0 Å². The van der Waals surface area contributed by atoms with E-state index in [0.717, 1.165) is 25.8 Å². The van der Waals surface area contributed by atoms with Crippen molar-refractivity contribution in [3.05, 3.63) is 0 Å². The highest BCUT2D eigenvalue weighted by Crippen LogP contribution is 2.19. The van der Waals surface area contributed by atoms with E-state index in [-0.39, 0.29) is 29.3 Å². The Morgan fingerprint density at radius 2 is 2.09 bits per heavy atom. The summed E-state index contributed by atoms with van der Waals surface area (Å²) in [7, 11) is 0. The van der Waals surface area contributed by atoms with E-state index in [1.165, 1.54) is 0 Å². The molecule has 0 radical (unpaired) electrons. The van der Waals surface area contributed by atoms with Gasteiger partial charge in [0, 0.05) is 25.2 Å². The highest BCUT2D eigenvalue weighted by molar-refractivity contribution is 5.82. The second-order valence-corrected chi connectivity index (χ2v) is 6.82. The summed E-state index contributed by atoms with van der Waals surface area (Å²) < 4.78 is 0. The zero-order chi connectivity index (χ0) is 16.8. The number of likely N-dealkylation sites (tertiary alicyclic amines) is 1. The molecule has 1 heterocycles. The van der Waals surface area contributed by atoms with E-state index < -0.39 is 0 Å². The number of amides is 2. The fourth-order valence-corrected chi connectivity index (χ4v) is 2.60. The van der Waals surface area contributed by atoms with Crippen LogP contribution in [0.4, 0.5) is 0 Å². The highest BCUT2D eigenvalue weighted by atomic mass is 16.2. The molecule has 1 aliphatic rings. The summed E-state index contributed by atoms with van der Waals surface area (Å²) in [5, 5.41) is 5.93.